The van der Waals surface area contributed by atoms with E-state index < -0.39 is 0 Å². The van der Waals surface area contributed by atoms with Crippen molar-refractivity contribution in [3.8, 4) is 12.3 Å². The van der Waals surface area contributed by atoms with Gasteiger partial charge in [0.05, 0.1) is 7.11 Å². The zero-order valence-electron chi connectivity index (χ0n) is 8.08. The van der Waals surface area contributed by atoms with Crippen LogP contribution in [0.15, 0.2) is 23.5 Å². The first-order chi connectivity index (χ1) is 6.77. The van der Waals surface area contributed by atoms with E-state index in [1.54, 1.807) is 6.08 Å². The second-order valence-corrected chi connectivity index (χ2v) is 2.80. The second kappa shape index (κ2) is 5.13. The zero-order chi connectivity index (χ0) is 10.4. The molecule has 74 valence electrons. The van der Waals surface area contributed by atoms with Gasteiger partial charge < -0.3 is 9.47 Å². The van der Waals surface area contributed by atoms with Crippen LogP contribution in [0.3, 0.4) is 0 Å². The van der Waals surface area contributed by atoms with Crippen molar-refractivity contribution in [3.05, 3.63) is 23.5 Å². The lowest BCUT2D eigenvalue weighted by Crippen LogP contribution is -2.08. The number of hydrogen-bond acceptors (Lipinski definition) is 3. The molecule has 0 unspecified atom stereocenters. The van der Waals surface area contributed by atoms with E-state index in [-0.39, 0.29) is 12.6 Å². The van der Waals surface area contributed by atoms with Gasteiger partial charge >= 0.3 is 5.97 Å². The summed E-state index contributed by atoms with van der Waals surface area (Å²) in [5, 5.41) is 0. The molecule has 0 aromatic carbocycles. The summed E-state index contributed by atoms with van der Waals surface area (Å²) in [4.78, 5) is 11.2. The van der Waals surface area contributed by atoms with Gasteiger partial charge in [-0.25, -0.2) is 4.79 Å². The van der Waals surface area contributed by atoms with E-state index >= 15 is 0 Å². The average Bonchev–Trinajstić information content (AvgIpc) is 2.25. The van der Waals surface area contributed by atoms with Crippen LogP contribution < -0.4 is 0 Å². The van der Waals surface area contributed by atoms with Crippen LogP contribution in [-0.4, -0.2) is 19.7 Å². The van der Waals surface area contributed by atoms with E-state index in [9.17, 15) is 4.79 Å². The predicted octanol–water partition coefficient (Wildman–Crippen LogP) is 1.41. The number of carbonyl (C=O) groups excluding carboxylic acids is 1. The Bertz CT molecular complexity index is 318. The third kappa shape index (κ3) is 2.67. The maximum absolute atomic E-state index is 11.2. The van der Waals surface area contributed by atoms with Gasteiger partial charge in [-0.2, -0.15) is 0 Å². The third-order valence-electron chi connectivity index (χ3n) is 1.85. The molecule has 0 radical (unpaired) electrons. The van der Waals surface area contributed by atoms with E-state index in [4.69, 9.17) is 11.2 Å². The Balaban J connectivity index is 2.63. The fourth-order valence-corrected chi connectivity index (χ4v) is 1.19. The molecule has 0 saturated carbocycles. The highest BCUT2D eigenvalue weighted by molar-refractivity contribution is 5.89. The lowest BCUT2D eigenvalue weighted by atomic mass is 10.0. The van der Waals surface area contributed by atoms with Crippen LogP contribution in [0.1, 0.15) is 12.8 Å². The Hall–Kier alpha value is -1.69. The predicted molar refractivity (Wildman–Crippen MR) is 52.2 cm³/mol. The minimum absolute atomic E-state index is 0.219. The summed E-state index contributed by atoms with van der Waals surface area (Å²) < 4.78 is 9.81. The van der Waals surface area contributed by atoms with Crippen LogP contribution in [0, 0.1) is 12.3 Å². The van der Waals surface area contributed by atoms with Gasteiger partial charge in [0.1, 0.15) is 12.4 Å². The van der Waals surface area contributed by atoms with Crippen molar-refractivity contribution in [2.45, 2.75) is 12.8 Å². The molecule has 0 bridgehead atoms. The molecule has 0 atom stereocenters. The van der Waals surface area contributed by atoms with Gasteiger partial charge in [-0.15, -0.1) is 6.42 Å². The van der Waals surface area contributed by atoms with Crippen LogP contribution >= 0.6 is 0 Å². The number of hydrogen-bond donors (Lipinski definition) is 0. The third-order valence-corrected chi connectivity index (χ3v) is 1.85. The summed E-state index contributed by atoms with van der Waals surface area (Å²) in [6.07, 6.45) is 10.1. The molecular formula is C11H12O3. The molecule has 0 heterocycles. The van der Waals surface area contributed by atoms with E-state index in [2.05, 4.69) is 10.7 Å². The minimum atomic E-state index is -0.306. The lowest BCUT2D eigenvalue weighted by molar-refractivity contribution is -0.136. The van der Waals surface area contributed by atoms with Gasteiger partial charge in [0, 0.05) is 5.57 Å². The van der Waals surface area contributed by atoms with Gasteiger partial charge in [-0.1, -0.05) is 5.92 Å². The molecule has 14 heavy (non-hydrogen) atoms. The van der Waals surface area contributed by atoms with Crippen molar-refractivity contribution < 1.29 is 14.3 Å². The summed E-state index contributed by atoms with van der Waals surface area (Å²) in [6, 6.07) is 0. The van der Waals surface area contributed by atoms with Crippen molar-refractivity contribution >= 4 is 5.97 Å². The summed E-state index contributed by atoms with van der Waals surface area (Å²) >= 11 is 0. The second-order valence-electron chi connectivity index (χ2n) is 2.80. The minimum Gasteiger partial charge on any atom is -0.481 e. The van der Waals surface area contributed by atoms with E-state index in [0.717, 1.165) is 6.42 Å². The topological polar surface area (TPSA) is 35.5 Å². The first kappa shape index (κ1) is 10.4. The fourth-order valence-electron chi connectivity index (χ4n) is 1.19. The van der Waals surface area contributed by atoms with Gasteiger partial charge in [-0.3, -0.25) is 0 Å². The van der Waals surface area contributed by atoms with Crippen molar-refractivity contribution in [2.24, 2.45) is 0 Å². The number of carbonyl (C=O) groups is 1. The highest BCUT2D eigenvalue weighted by atomic mass is 16.5. The van der Waals surface area contributed by atoms with Gasteiger partial charge in [0.15, 0.2) is 0 Å². The highest BCUT2D eigenvalue weighted by Gasteiger charge is 2.13. The van der Waals surface area contributed by atoms with Crippen LogP contribution in [-0.2, 0) is 14.3 Å². The molecule has 1 rings (SSSR count). The maximum atomic E-state index is 11.2. The van der Waals surface area contributed by atoms with Crippen molar-refractivity contribution in [3.63, 3.8) is 0 Å². The number of rotatable bonds is 3. The maximum Gasteiger partial charge on any atom is 0.333 e. The zero-order valence-corrected chi connectivity index (χ0v) is 8.08. The molecule has 0 aliphatic heterocycles. The van der Waals surface area contributed by atoms with Crippen LogP contribution in [0.2, 0.25) is 0 Å². The highest BCUT2D eigenvalue weighted by Crippen LogP contribution is 2.18. The number of methoxy groups -OCH3 is 1. The molecule has 0 aromatic rings. The normalized spacial score (nSPS) is 14.9. The first-order valence-electron chi connectivity index (χ1n) is 4.33. The van der Waals surface area contributed by atoms with Crippen LogP contribution in [0.5, 0.6) is 0 Å². The first-order valence-corrected chi connectivity index (χ1v) is 4.33. The van der Waals surface area contributed by atoms with Gasteiger partial charge in [-0.05, 0) is 25.0 Å². The molecule has 1 aliphatic rings. The van der Waals surface area contributed by atoms with E-state index in [1.165, 1.54) is 7.11 Å². The van der Waals surface area contributed by atoms with E-state index in [1.807, 2.05) is 6.08 Å². The number of esters is 1. The van der Waals surface area contributed by atoms with Crippen molar-refractivity contribution in [1.82, 2.24) is 0 Å². The number of allylic oxidation sites excluding steroid dienone is 2. The Morgan fingerprint density at radius 2 is 2.50 bits per heavy atom. The fraction of sp³-hybridized carbons (Fsp3) is 0.364. The van der Waals surface area contributed by atoms with Gasteiger partial charge in [0.25, 0.3) is 0 Å². The molecule has 1 aliphatic carbocycles. The SMILES string of the molecule is C#CCOC1=CCCC(C(=O)OC)=C1. The Labute approximate surface area is 83.4 Å². The molecule has 0 fully saturated rings. The molecule has 3 nitrogen and oxygen atoms in total. The number of terminal acetylenes is 1. The monoisotopic (exact) mass is 192 g/mol. The Kier molecular flexibility index (Phi) is 3.81. The summed E-state index contributed by atoms with van der Waals surface area (Å²) in [6.45, 7) is 0.219. The summed E-state index contributed by atoms with van der Waals surface area (Å²) in [7, 11) is 1.36. The molecule has 0 saturated heterocycles. The number of ether oxygens (including phenoxy) is 2. The molecule has 0 N–H and O–H groups in total. The molecule has 0 spiro atoms. The van der Waals surface area contributed by atoms with Crippen LogP contribution in [0.4, 0.5) is 0 Å². The average molecular weight is 192 g/mol. The quantitative estimate of drug-likeness (QED) is 0.501. The Morgan fingerprint density at radius 3 is 3.14 bits per heavy atom. The van der Waals surface area contributed by atoms with Crippen molar-refractivity contribution in [2.75, 3.05) is 13.7 Å². The van der Waals surface area contributed by atoms with Gasteiger partial charge in [0.2, 0.25) is 0 Å². The molecular weight excluding hydrogens is 180 g/mol. The van der Waals surface area contributed by atoms with E-state index in [0.29, 0.717) is 17.8 Å². The largest absolute Gasteiger partial charge is 0.481 e. The molecule has 0 aromatic heterocycles. The standard InChI is InChI=1S/C11H12O3/c1-3-7-14-10-6-4-5-9(8-10)11(12)13-2/h1,6,8H,4-5,7H2,2H3. The van der Waals surface area contributed by atoms with Crippen molar-refractivity contribution in [1.29, 1.82) is 0 Å². The summed E-state index contributed by atoms with van der Waals surface area (Å²) in [5.41, 5.74) is 0.627. The lowest BCUT2D eigenvalue weighted by Gasteiger charge is -2.11. The molecule has 3 heteroatoms. The smallest absolute Gasteiger partial charge is 0.333 e. The Morgan fingerprint density at radius 1 is 1.71 bits per heavy atom. The van der Waals surface area contributed by atoms with Crippen LogP contribution in [0.25, 0.3) is 0 Å². The summed E-state index contributed by atoms with van der Waals surface area (Å²) in [5.74, 6) is 2.71. The molecule has 0 amide bonds.